The normalized spacial score (nSPS) is 13.1. The van der Waals surface area contributed by atoms with Gasteiger partial charge in [0.1, 0.15) is 12.7 Å². The summed E-state index contributed by atoms with van der Waals surface area (Å²) in [5, 5.41) is 24.5. The van der Waals surface area contributed by atoms with Crippen LogP contribution in [0.4, 0.5) is 4.79 Å². The van der Waals surface area contributed by atoms with Crippen molar-refractivity contribution in [3.8, 4) is 0 Å². The number of aromatic nitrogens is 1. The zero-order valence-electron chi connectivity index (χ0n) is 15.1. The number of ether oxygens (including phenoxy) is 1. The Hall–Kier alpha value is -2.67. The second-order valence-corrected chi connectivity index (χ2v) is 6.77. The van der Waals surface area contributed by atoms with E-state index in [1.165, 1.54) is 0 Å². The smallest absolute Gasteiger partial charge is 0.407 e. The predicted molar refractivity (Wildman–Crippen MR) is 107 cm³/mol. The number of aliphatic hydroxyl groups is 2. The van der Waals surface area contributed by atoms with Gasteiger partial charge in [0, 0.05) is 18.1 Å². The number of aliphatic hydroxyl groups excluding tert-OH is 2. The minimum absolute atomic E-state index is 0.169. The summed E-state index contributed by atoms with van der Waals surface area (Å²) in [7, 11) is 0. The molecule has 0 saturated heterocycles. The van der Waals surface area contributed by atoms with Gasteiger partial charge in [-0.05, 0) is 29.7 Å². The molecule has 2 atom stereocenters. The van der Waals surface area contributed by atoms with Gasteiger partial charge in [-0.25, -0.2) is 4.79 Å². The maximum atomic E-state index is 11.7. The number of amides is 1. The lowest BCUT2D eigenvalue weighted by Gasteiger charge is -2.19. The van der Waals surface area contributed by atoms with E-state index in [2.05, 4.69) is 10.3 Å². The van der Waals surface area contributed by atoms with Gasteiger partial charge in [0.15, 0.2) is 0 Å². The summed E-state index contributed by atoms with van der Waals surface area (Å²) < 4.78 is 5.10. The van der Waals surface area contributed by atoms with Crippen LogP contribution in [0.1, 0.15) is 23.7 Å². The second kappa shape index (κ2) is 9.50. The lowest BCUT2D eigenvalue weighted by atomic mass is 10.0. The van der Waals surface area contributed by atoms with Crippen LogP contribution in [0.15, 0.2) is 60.8 Å². The molecule has 0 radical (unpaired) electrons. The molecule has 0 aliphatic rings. The van der Waals surface area contributed by atoms with Crippen LogP contribution in [0.5, 0.6) is 0 Å². The molecule has 0 saturated carbocycles. The van der Waals surface area contributed by atoms with Gasteiger partial charge in [-0.2, -0.15) is 0 Å². The van der Waals surface area contributed by atoms with E-state index in [9.17, 15) is 15.0 Å². The highest BCUT2D eigenvalue weighted by atomic mass is 35.5. The number of benzene rings is 2. The molecule has 3 rings (SSSR count). The van der Waals surface area contributed by atoms with Crippen molar-refractivity contribution in [1.29, 1.82) is 0 Å². The fourth-order valence-electron chi connectivity index (χ4n) is 2.79. The number of hydrogen-bond donors (Lipinski definition) is 3. The molecule has 0 aliphatic heterocycles. The Morgan fingerprint density at radius 1 is 1.14 bits per heavy atom. The van der Waals surface area contributed by atoms with Crippen molar-refractivity contribution in [3.63, 3.8) is 0 Å². The molecule has 1 aromatic heterocycles. The molecular formula is C21H21ClN2O4. The first-order valence-corrected chi connectivity index (χ1v) is 9.27. The van der Waals surface area contributed by atoms with Crippen LogP contribution < -0.4 is 5.32 Å². The first kappa shape index (κ1) is 20.1. The Balaban J connectivity index is 1.47. The van der Waals surface area contributed by atoms with Crippen molar-refractivity contribution >= 4 is 28.6 Å². The number of rotatable bonds is 7. The number of halogens is 1. The lowest BCUT2D eigenvalue weighted by molar-refractivity contribution is 0.0137. The first-order chi connectivity index (χ1) is 13.5. The highest BCUT2D eigenvalue weighted by Gasteiger charge is 2.19. The molecular weight excluding hydrogens is 380 g/mol. The van der Waals surface area contributed by atoms with Crippen molar-refractivity contribution in [2.75, 3.05) is 6.54 Å². The molecule has 1 amide bonds. The third-order valence-corrected chi connectivity index (χ3v) is 4.67. The van der Waals surface area contributed by atoms with Crippen molar-refractivity contribution in [3.05, 3.63) is 76.9 Å². The molecule has 28 heavy (non-hydrogen) atoms. The number of carbonyl (C=O) groups excluding carboxylic acids is 1. The van der Waals surface area contributed by atoms with Gasteiger partial charge in [-0.15, -0.1) is 0 Å². The van der Waals surface area contributed by atoms with Gasteiger partial charge < -0.3 is 20.3 Å². The average molecular weight is 401 g/mol. The van der Waals surface area contributed by atoms with Crippen LogP contribution in [0, 0.1) is 0 Å². The van der Waals surface area contributed by atoms with Crippen molar-refractivity contribution in [2.45, 2.75) is 25.2 Å². The number of alkyl carbamates (subject to hydrolysis) is 1. The average Bonchev–Trinajstić information content (AvgIpc) is 2.72. The van der Waals surface area contributed by atoms with E-state index in [0.717, 1.165) is 10.9 Å². The van der Waals surface area contributed by atoms with E-state index in [4.69, 9.17) is 16.3 Å². The maximum Gasteiger partial charge on any atom is 0.407 e. The maximum absolute atomic E-state index is 11.7. The fraction of sp³-hybridized carbons (Fsp3) is 0.238. The van der Waals surface area contributed by atoms with Crippen LogP contribution >= 0.6 is 11.6 Å². The summed E-state index contributed by atoms with van der Waals surface area (Å²) in [6.45, 7) is 0.341. The van der Waals surface area contributed by atoms with Crippen LogP contribution in [-0.2, 0) is 11.3 Å². The summed E-state index contributed by atoms with van der Waals surface area (Å²) in [5.41, 5.74) is 2.05. The Labute approximate surface area is 167 Å². The third kappa shape index (κ3) is 5.19. The number of carbonyl (C=O) groups is 1. The summed E-state index contributed by atoms with van der Waals surface area (Å²) >= 11 is 6.11. The van der Waals surface area contributed by atoms with Crippen molar-refractivity contribution in [1.82, 2.24) is 10.3 Å². The van der Waals surface area contributed by atoms with Gasteiger partial charge in [0.05, 0.1) is 16.6 Å². The molecule has 0 fully saturated rings. The predicted octanol–water partition coefficient (Wildman–Crippen LogP) is 3.60. The Morgan fingerprint density at radius 3 is 2.71 bits per heavy atom. The number of nitrogens with zero attached hydrogens (tertiary/aromatic N) is 1. The number of pyridine rings is 1. The molecule has 0 spiro atoms. The Bertz CT molecular complexity index is 936. The van der Waals surface area contributed by atoms with Crippen LogP contribution in [0.2, 0.25) is 5.02 Å². The SMILES string of the molecule is O=C(NCCC(O)C(O)c1ccc2c(Cl)ccnc2c1)OCc1ccccc1. The van der Waals surface area contributed by atoms with Gasteiger partial charge in [0.25, 0.3) is 0 Å². The number of hydrogen-bond acceptors (Lipinski definition) is 5. The second-order valence-electron chi connectivity index (χ2n) is 6.36. The Morgan fingerprint density at radius 2 is 1.93 bits per heavy atom. The Kier molecular flexibility index (Phi) is 6.81. The molecule has 3 N–H and O–H groups in total. The van der Waals surface area contributed by atoms with Crippen LogP contribution in [0.25, 0.3) is 10.9 Å². The largest absolute Gasteiger partial charge is 0.445 e. The minimum atomic E-state index is -1.10. The van der Waals surface area contributed by atoms with Crippen LogP contribution in [0.3, 0.4) is 0 Å². The number of nitrogens with one attached hydrogen (secondary N) is 1. The molecule has 7 heteroatoms. The van der Waals surface area contributed by atoms with Gasteiger partial charge in [0.2, 0.25) is 0 Å². The highest BCUT2D eigenvalue weighted by Crippen LogP contribution is 2.26. The summed E-state index contributed by atoms with van der Waals surface area (Å²) in [6.07, 6.45) is -0.973. The van der Waals surface area contributed by atoms with E-state index in [-0.39, 0.29) is 19.6 Å². The monoisotopic (exact) mass is 400 g/mol. The van der Waals surface area contributed by atoms with E-state index in [1.54, 1.807) is 30.5 Å². The van der Waals surface area contributed by atoms with Crippen LogP contribution in [-0.4, -0.2) is 33.9 Å². The molecule has 1 heterocycles. The van der Waals surface area contributed by atoms with E-state index in [0.29, 0.717) is 16.1 Å². The molecule has 3 aromatic rings. The summed E-state index contributed by atoms with van der Waals surface area (Å²) in [5.74, 6) is 0. The first-order valence-electron chi connectivity index (χ1n) is 8.89. The molecule has 2 unspecified atom stereocenters. The van der Waals surface area contributed by atoms with Gasteiger partial charge in [-0.3, -0.25) is 4.98 Å². The summed E-state index contributed by atoms with van der Waals surface area (Å²) in [4.78, 5) is 15.9. The standard InChI is InChI=1S/C21H21ClN2O4/c22-17-8-10-23-18-12-15(6-7-16(17)18)20(26)19(25)9-11-24-21(27)28-13-14-4-2-1-3-5-14/h1-8,10,12,19-20,25-26H,9,11,13H2,(H,24,27). The molecule has 0 aliphatic carbocycles. The van der Waals surface area contributed by atoms with E-state index in [1.807, 2.05) is 30.3 Å². The molecule has 0 bridgehead atoms. The van der Waals surface area contributed by atoms with E-state index >= 15 is 0 Å². The zero-order valence-corrected chi connectivity index (χ0v) is 15.8. The topological polar surface area (TPSA) is 91.7 Å². The molecule has 2 aromatic carbocycles. The fourth-order valence-corrected chi connectivity index (χ4v) is 3.01. The van der Waals surface area contributed by atoms with Gasteiger partial charge in [-0.1, -0.05) is 54.1 Å². The van der Waals surface area contributed by atoms with Gasteiger partial charge >= 0.3 is 6.09 Å². The minimum Gasteiger partial charge on any atom is -0.445 e. The number of fused-ring (bicyclic) bond motifs is 1. The molecule has 6 nitrogen and oxygen atoms in total. The summed E-state index contributed by atoms with van der Waals surface area (Å²) in [6, 6.07) is 16.2. The molecule has 146 valence electrons. The highest BCUT2D eigenvalue weighted by molar-refractivity contribution is 6.35. The van der Waals surface area contributed by atoms with Crippen molar-refractivity contribution in [2.24, 2.45) is 0 Å². The van der Waals surface area contributed by atoms with Crippen molar-refractivity contribution < 1.29 is 19.7 Å². The quantitative estimate of drug-likeness (QED) is 0.563. The van der Waals surface area contributed by atoms with E-state index < -0.39 is 18.3 Å². The lowest BCUT2D eigenvalue weighted by Crippen LogP contribution is -2.29. The third-order valence-electron chi connectivity index (χ3n) is 4.34. The zero-order chi connectivity index (χ0) is 19.9.